The van der Waals surface area contributed by atoms with E-state index in [2.05, 4.69) is 4.72 Å². The standard InChI is InChI=1S/C13H18N2O4S/c1-9(2)8-14-20(18,19)15-6-5-10-7-11(13(16)17)3-4-12(10)15/h3-4,7,9,14H,5-6,8H2,1-2H3,(H,16,17). The van der Waals surface area contributed by atoms with Crippen LogP contribution >= 0.6 is 0 Å². The summed E-state index contributed by atoms with van der Waals surface area (Å²) in [5, 5.41) is 8.94. The van der Waals surface area contributed by atoms with E-state index in [1.54, 1.807) is 6.07 Å². The summed E-state index contributed by atoms with van der Waals surface area (Å²) in [4.78, 5) is 10.9. The van der Waals surface area contributed by atoms with Crippen LogP contribution in [0.3, 0.4) is 0 Å². The molecular weight excluding hydrogens is 280 g/mol. The summed E-state index contributed by atoms with van der Waals surface area (Å²) in [7, 11) is -3.57. The van der Waals surface area contributed by atoms with Gasteiger partial charge in [0.05, 0.1) is 11.3 Å². The van der Waals surface area contributed by atoms with Crippen molar-refractivity contribution in [2.75, 3.05) is 17.4 Å². The van der Waals surface area contributed by atoms with Gasteiger partial charge in [0.1, 0.15) is 0 Å². The van der Waals surface area contributed by atoms with Crippen LogP contribution in [-0.4, -0.2) is 32.6 Å². The van der Waals surface area contributed by atoms with Crippen LogP contribution in [0.2, 0.25) is 0 Å². The molecule has 0 fully saturated rings. The van der Waals surface area contributed by atoms with Crippen LogP contribution in [0, 0.1) is 5.92 Å². The highest BCUT2D eigenvalue weighted by Crippen LogP contribution is 2.30. The lowest BCUT2D eigenvalue weighted by atomic mass is 10.1. The van der Waals surface area contributed by atoms with Gasteiger partial charge in [0.2, 0.25) is 0 Å². The molecule has 0 aromatic heterocycles. The first-order valence-electron chi connectivity index (χ1n) is 6.45. The van der Waals surface area contributed by atoms with Crippen molar-refractivity contribution in [3.8, 4) is 0 Å². The van der Waals surface area contributed by atoms with Crippen LogP contribution < -0.4 is 9.03 Å². The topological polar surface area (TPSA) is 86.7 Å². The lowest BCUT2D eigenvalue weighted by molar-refractivity contribution is 0.0697. The van der Waals surface area contributed by atoms with Crippen molar-refractivity contribution in [1.29, 1.82) is 0 Å². The predicted molar refractivity (Wildman–Crippen MR) is 76.2 cm³/mol. The molecule has 110 valence electrons. The molecule has 1 aromatic carbocycles. The van der Waals surface area contributed by atoms with Gasteiger partial charge < -0.3 is 5.11 Å². The van der Waals surface area contributed by atoms with Crippen LogP contribution in [0.25, 0.3) is 0 Å². The number of rotatable bonds is 5. The monoisotopic (exact) mass is 298 g/mol. The maximum absolute atomic E-state index is 12.2. The number of anilines is 1. The second-order valence-corrected chi connectivity index (χ2v) is 6.90. The first-order valence-corrected chi connectivity index (χ1v) is 7.89. The van der Waals surface area contributed by atoms with Gasteiger partial charge in [-0.1, -0.05) is 13.8 Å². The van der Waals surface area contributed by atoms with Gasteiger partial charge >= 0.3 is 16.2 Å². The molecule has 20 heavy (non-hydrogen) atoms. The first-order chi connectivity index (χ1) is 9.31. The van der Waals surface area contributed by atoms with E-state index in [1.165, 1.54) is 16.4 Å². The number of carboxylic acid groups (broad SMARTS) is 1. The van der Waals surface area contributed by atoms with Gasteiger partial charge in [-0.25, -0.2) is 4.79 Å². The summed E-state index contributed by atoms with van der Waals surface area (Å²) in [6, 6.07) is 4.52. The van der Waals surface area contributed by atoms with E-state index in [0.717, 1.165) is 5.56 Å². The molecule has 0 aliphatic carbocycles. The highest BCUT2D eigenvalue weighted by Gasteiger charge is 2.29. The number of nitrogens with one attached hydrogen (secondary N) is 1. The third-order valence-corrected chi connectivity index (χ3v) is 4.63. The molecule has 1 heterocycles. The second-order valence-electron chi connectivity index (χ2n) is 5.22. The number of carboxylic acids is 1. The van der Waals surface area contributed by atoms with E-state index in [9.17, 15) is 13.2 Å². The molecule has 0 radical (unpaired) electrons. The minimum absolute atomic E-state index is 0.179. The Balaban J connectivity index is 2.26. The van der Waals surface area contributed by atoms with Crippen molar-refractivity contribution >= 4 is 21.9 Å². The third-order valence-electron chi connectivity index (χ3n) is 3.14. The largest absolute Gasteiger partial charge is 0.478 e. The molecule has 1 aliphatic rings. The number of carbonyl (C=O) groups is 1. The molecular formula is C13H18N2O4S. The highest BCUT2D eigenvalue weighted by atomic mass is 32.2. The predicted octanol–water partition coefficient (Wildman–Crippen LogP) is 1.24. The molecule has 0 bridgehead atoms. The van der Waals surface area contributed by atoms with Gasteiger partial charge in [0, 0.05) is 13.1 Å². The Bertz CT molecular complexity index is 625. The summed E-state index contributed by atoms with van der Waals surface area (Å²) in [5.74, 6) is -0.784. The molecule has 0 atom stereocenters. The zero-order chi connectivity index (χ0) is 14.9. The Morgan fingerprint density at radius 3 is 2.75 bits per heavy atom. The summed E-state index contributed by atoms with van der Waals surface area (Å²) < 4.78 is 28.3. The minimum Gasteiger partial charge on any atom is -0.478 e. The Morgan fingerprint density at radius 2 is 2.15 bits per heavy atom. The van der Waals surface area contributed by atoms with Gasteiger partial charge in [-0.3, -0.25) is 4.31 Å². The van der Waals surface area contributed by atoms with Gasteiger partial charge in [0.15, 0.2) is 0 Å². The van der Waals surface area contributed by atoms with Crippen molar-refractivity contribution in [3.05, 3.63) is 29.3 Å². The van der Waals surface area contributed by atoms with E-state index < -0.39 is 16.2 Å². The fourth-order valence-corrected chi connectivity index (χ4v) is 3.57. The SMILES string of the molecule is CC(C)CNS(=O)(=O)N1CCc2cc(C(=O)O)ccc21. The number of hydrogen-bond donors (Lipinski definition) is 2. The first kappa shape index (κ1) is 14.8. The Hall–Kier alpha value is -1.60. The van der Waals surface area contributed by atoms with E-state index in [4.69, 9.17) is 5.11 Å². The summed E-state index contributed by atoms with van der Waals surface area (Å²) in [5.41, 5.74) is 1.49. The second kappa shape index (κ2) is 5.41. The molecule has 0 amide bonds. The molecule has 0 saturated heterocycles. The lowest BCUT2D eigenvalue weighted by Crippen LogP contribution is -2.41. The number of aromatic carboxylic acids is 1. The van der Waals surface area contributed by atoms with Gasteiger partial charge in [-0.15, -0.1) is 0 Å². The van der Waals surface area contributed by atoms with Crippen molar-refractivity contribution in [2.45, 2.75) is 20.3 Å². The quantitative estimate of drug-likeness (QED) is 0.856. The van der Waals surface area contributed by atoms with Crippen molar-refractivity contribution in [2.24, 2.45) is 5.92 Å². The fraction of sp³-hybridized carbons (Fsp3) is 0.462. The zero-order valence-electron chi connectivity index (χ0n) is 11.5. The molecule has 1 aliphatic heterocycles. The normalized spacial score (nSPS) is 14.7. The van der Waals surface area contributed by atoms with Gasteiger partial charge in [-0.2, -0.15) is 13.1 Å². The minimum atomic E-state index is -3.57. The number of hydrogen-bond acceptors (Lipinski definition) is 3. The fourth-order valence-electron chi connectivity index (χ4n) is 2.10. The molecule has 0 spiro atoms. The maximum Gasteiger partial charge on any atom is 0.335 e. The molecule has 2 rings (SSSR count). The van der Waals surface area contributed by atoms with Crippen LogP contribution in [0.1, 0.15) is 29.8 Å². The molecule has 2 N–H and O–H groups in total. The van der Waals surface area contributed by atoms with E-state index in [-0.39, 0.29) is 11.5 Å². The van der Waals surface area contributed by atoms with Crippen molar-refractivity contribution < 1.29 is 18.3 Å². The van der Waals surface area contributed by atoms with E-state index >= 15 is 0 Å². The summed E-state index contributed by atoms with van der Waals surface area (Å²) in [6.07, 6.45) is 0.527. The molecule has 1 aromatic rings. The third kappa shape index (κ3) is 2.94. The average Bonchev–Trinajstić information content (AvgIpc) is 2.79. The maximum atomic E-state index is 12.2. The Kier molecular flexibility index (Phi) is 4.01. The number of benzene rings is 1. The number of nitrogens with zero attached hydrogens (tertiary/aromatic N) is 1. The van der Waals surface area contributed by atoms with Crippen molar-refractivity contribution in [3.63, 3.8) is 0 Å². The van der Waals surface area contributed by atoms with E-state index in [1.807, 2.05) is 13.8 Å². The molecule has 7 heteroatoms. The van der Waals surface area contributed by atoms with Crippen LogP contribution in [0.15, 0.2) is 18.2 Å². The molecule has 0 unspecified atom stereocenters. The van der Waals surface area contributed by atoms with Crippen LogP contribution in [0.5, 0.6) is 0 Å². The van der Waals surface area contributed by atoms with Gasteiger partial charge in [0.25, 0.3) is 0 Å². The molecule has 0 saturated carbocycles. The average molecular weight is 298 g/mol. The number of fused-ring (bicyclic) bond motifs is 1. The van der Waals surface area contributed by atoms with Gasteiger partial charge in [-0.05, 0) is 36.1 Å². The Morgan fingerprint density at radius 1 is 1.45 bits per heavy atom. The summed E-state index contributed by atoms with van der Waals surface area (Å²) >= 11 is 0. The zero-order valence-corrected chi connectivity index (χ0v) is 12.3. The lowest BCUT2D eigenvalue weighted by Gasteiger charge is -2.20. The van der Waals surface area contributed by atoms with E-state index in [0.29, 0.717) is 25.2 Å². The Labute approximate surface area is 118 Å². The van der Waals surface area contributed by atoms with Crippen LogP contribution in [-0.2, 0) is 16.6 Å². The smallest absolute Gasteiger partial charge is 0.335 e. The summed E-state index contributed by atoms with van der Waals surface area (Å²) in [6.45, 7) is 4.58. The highest BCUT2D eigenvalue weighted by molar-refractivity contribution is 7.90. The molecule has 6 nitrogen and oxygen atoms in total. The van der Waals surface area contributed by atoms with Crippen molar-refractivity contribution in [1.82, 2.24) is 4.72 Å². The van der Waals surface area contributed by atoms with Crippen LogP contribution in [0.4, 0.5) is 5.69 Å².